The number of benzene rings is 2. The molecule has 2 aromatic carbocycles. The lowest BCUT2D eigenvalue weighted by Gasteiger charge is -2.09. The highest BCUT2D eigenvalue weighted by atomic mass is 19.1. The molecule has 5 aromatic rings. The number of aryl methyl sites for hydroxylation is 1. The summed E-state index contributed by atoms with van der Waals surface area (Å²) in [5.74, 6) is -0.0191. The van der Waals surface area contributed by atoms with E-state index in [2.05, 4.69) is 30.8 Å². The second-order valence-electron chi connectivity index (χ2n) is 7.12. The number of hydrogen-bond donors (Lipinski definition) is 1. The molecule has 0 aliphatic rings. The summed E-state index contributed by atoms with van der Waals surface area (Å²) >= 11 is 0. The number of nitrogens with one attached hydrogen (secondary N) is 1. The molecule has 3 aromatic heterocycles. The fraction of sp³-hybridized carbons (Fsp3) is 0.143. The van der Waals surface area contributed by atoms with Gasteiger partial charge in [-0.25, -0.2) is 14.1 Å². The van der Waals surface area contributed by atoms with Gasteiger partial charge in [-0.15, -0.1) is 10.2 Å². The zero-order valence-corrected chi connectivity index (χ0v) is 16.9. The largest absolute Gasteiger partial charge is 0.406 e. The second-order valence-corrected chi connectivity index (χ2v) is 7.12. The van der Waals surface area contributed by atoms with Gasteiger partial charge < -0.3 is 9.73 Å². The molecule has 32 heavy (non-hydrogen) atoms. The highest BCUT2D eigenvalue weighted by Crippen LogP contribution is 2.16. The summed E-state index contributed by atoms with van der Waals surface area (Å²) in [6.45, 7) is 2.15. The first kappa shape index (κ1) is 19.5. The quantitative estimate of drug-likeness (QED) is 0.435. The maximum absolute atomic E-state index is 13.0. The maximum Gasteiger partial charge on any atom is 0.320 e. The van der Waals surface area contributed by atoms with Gasteiger partial charge in [0, 0.05) is 5.69 Å². The van der Waals surface area contributed by atoms with Crippen LogP contribution in [0.1, 0.15) is 17.3 Å². The van der Waals surface area contributed by atoms with Crippen molar-refractivity contribution in [3.63, 3.8) is 0 Å². The van der Waals surface area contributed by atoms with Crippen molar-refractivity contribution < 1.29 is 8.81 Å². The Balaban J connectivity index is 1.32. The van der Waals surface area contributed by atoms with Crippen molar-refractivity contribution in [1.82, 2.24) is 34.7 Å². The Labute approximate surface area is 180 Å². The minimum atomic E-state index is -0.332. The van der Waals surface area contributed by atoms with Crippen LogP contribution >= 0.6 is 0 Å². The molecule has 0 spiro atoms. The Morgan fingerprint density at radius 2 is 1.84 bits per heavy atom. The van der Waals surface area contributed by atoms with Gasteiger partial charge in [0.15, 0.2) is 0 Å². The van der Waals surface area contributed by atoms with Crippen LogP contribution in [0.3, 0.4) is 0 Å². The van der Waals surface area contributed by atoms with Gasteiger partial charge >= 0.3 is 6.01 Å². The monoisotopic (exact) mass is 432 g/mol. The van der Waals surface area contributed by atoms with E-state index in [1.54, 1.807) is 34.5 Å². The number of aromatic nitrogens is 7. The first-order valence-corrected chi connectivity index (χ1v) is 9.75. The summed E-state index contributed by atoms with van der Waals surface area (Å²) < 4.78 is 21.8. The Morgan fingerprint density at radius 1 is 1.03 bits per heavy atom. The molecule has 0 saturated heterocycles. The summed E-state index contributed by atoms with van der Waals surface area (Å²) in [5.41, 5.74) is 2.94. The fourth-order valence-corrected chi connectivity index (χ4v) is 3.29. The highest BCUT2D eigenvalue weighted by molar-refractivity contribution is 5.74. The average Bonchev–Trinajstić information content (AvgIpc) is 3.42. The number of hydrogen-bond acceptors (Lipinski definition) is 8. The molecule has 0 saturated carbocycles. The van der Waals surface area contributed by atoms with Gasteiger partial charge in [-0.05, 0) is 43.3 Å². The minimum absolute atomic E-state index is 0.174. The molecule has 160 valence electrons. The molecule has 0 radical (unpaired) electrons. The molecule has 10 nitrogen and oxygen atoms in total. The van der Waals surface area contributed by atoms with Gasteiger partial charge in [0.2, 0.25) is 5.89 Å². The number of para-hydroxylation sites is 2. The predicted molar refractivity (Wildman–Crippen MR) is 113 cm³/mol. The van der Waals surface area contributed by atoms with Crippen LogP contribution in [0.25, 0.3) is 11.0 Å². The van der Waals surface area contributed by atoms with E-state index in [4.69, 9.17) is 4.42 Å². The third-order valence-electron chi connectivity index (χ3n) is 4.78. The van der Waals surface area contributed by atoms with Crippen LogP contribution in [0.4, 0.5) is 16.1 Å². The summed E-state index contributed by atoms with van der Waals surface area (Å²) in [7, 11) is 0. The van der Waals surface area contributed by atoms with Crippen molar-refractivity contribution in [2.45, 2.75) is 20.0 Å². The van der Waals surface area contributed by atoms with E-state index in [0.717, 1.165) is 11.0 Å². The van der Waals surface area contributed by atoms with Crippen molar-refractivity contribution in [1.29, 1.82) is 0 Å². The van der Waals surface area contributed by atoms with E-state index in [1.807, 2.05) is 24.3 Å². The Kier molecular flexibility index (Phi) is 4.90. The molecule has 1 N–H and O–H groups in total. The Hall–Kier alpha value is -4.41. The van der Waals surface area contributed by atoms with Crippen molar-refractivity contribution >= 4 is 22.7 Å². The van der Waals surface area contributed by atoms with E-state index in [0.29, 0.717) is 23.0 Å². The van der Waals surface area contributed by atoms with E-state index in [9.17, 15) is 9.18 Å². The molecule has 5 rings (SSSR count). The van der Waals surface area contributed by atoms with E-state index < -0.39 is 0 Å². The van der Waals surface area contributed by atoms with Crippen LogP contribution in [-0.2, 0) is 13.1 Å². The van der Waals surface area contributed by atoms with Gasteiger partial charge in [-0.3, -0.25) is 9.36 Å². The predicted octanol–water partition coefficient (Wildman–Crippen LogP) is 2.66. The van der Waals surface area contributed by atoms with E-state index >= 15 is 0 Å². The third-order valence-corrected chi connectivity index (χ3v) is 4.78. The molecule has 0 fully saturated rings. The average molecular weight is 432 g/mol. The van der Waals surface area contributed by atoms with Gasteiger partial charge in [0.25, 0.3) is 5.56 Å². The van der Waals surface area contributed by atoms with Crippen LogP contribution in [0.5, 0.6) is 0 Å². The van der Waals surface area contributed by atoms with Gasteiger partial charge in [-0.2, -0.15) is 0 Å². The van der Waals surface area contributed by atoms with Crippen molar-refractivity contribution in [3.05, 3.63) is 88.2 Å². The SMILES string of the molecule is Cc1nc2ccccc2n(Cc2cn(Cc3nnc(Nc4ccc(F)cc4)o3)nn2)c1=O. The number of fused-ring (bicyclic) bond motifs is 1. The summed E-state index contributed by atoms with van der Waals surface area (Å²) in [4.78, 5) is 17.0. The summed E-state index contributed by atoms with van der Waals surface area (Å²) in [6.07, 6.45) is 1.72. The van der Waals surface area contributed by atoms with Crippen LogP contribution in [-0.4, -0.2) is 34.7 Å². The highest BCUT2D eigenvalue weighted by Gasteiger charge is 2.12. The maximum atomic E-state index is 13.0. The summed E-state index contributed by atoms with van der Waals surface area (Å²) in [6, 6.07) is 13.4. The van der Waals surface area contributed by atoms with E-state index in [1.165, 1.54) is 12.1 Å². The third kappa shape index (κ3) is 3.95. The molecule has 0 unspecified atom stereocenters. The lowest BCUT2D eigenvalue weighted by atomic mass is 10.2. The molecule has 0 bridgehead atoms. The Morgan fingerprint density at radius 3 is 2.69 bits per heavy atom. The topological polar surface area (TPSA) is 117 Å². The molecule has 0 aliphatic carbocycles. The number of anilines is 2. The first-order valence-electron chi connectivity index (χ1n) is 9.75. The Bertz CT molecular complexity index is 1450. The summed E-state index contributed by atoms with van der Waals surface area (Å²) in [5, 5.41) is 19.1. The number of halogens is 1. The molecular formula is C21H17FN8O2. The van der Waals surface area contributed by atoms with Crippen LogP contribution in [0.2, 0.25) is 0 Å². The molecule has 0 amide bonds. The molecule has 3 heterocycles. The smallest absolute Gasteiger partial charge is 0.320 e. The first-order chi connectivity index (χ1) is 15.5. The zero-order chi connectivity index (χ0) is 22.1. The van der Waals surface area contributed by atoms with Gasteiger partial charge in [0.1, 0.15) is 23.7 Å². The lowest BCUT2D eigenvalue weighted by Crippen LogP contribution is -2.24. The van der Waals surface area contributed by atoms with E-state index in [-0.39, 0.29) is 30.5 Å². The molecule has 0 atom stereocenters. The zero-order valence-electron chi connectivity index (χ0n) is 16.9. The molecular weight excluding hydrogens is 415 g/mol. The number of nitrogens with zero attached hydrogens (tertiary/aromatic N) is 7. The minimum Gasteiger partial charge on any atom is -0.406 e. The van der Waals surface area contributed by atoms with Crippen LogP contribution in [0.15, 0.2) is 63.9 Å². The number of rotatable bonds is 6. The van der Waals surface area contributed by atoms with Crippen LogP contribution < -0.4 is 10.9 Å². The van der Waals surface area contributed by atoms with Gasteiger partial charge in [0.05, 0.1) is 23.8 Å². The van der Waals surface area contributed by atoms with Crippen molar-refractivity contribution in [2.75, 3.05) is 5.32 Å². The fourth-order valence-electron chi connectivity index (χ4n) is 3.29. The van der Waals surface area contributed by atoms with Gasteiger partial charge in [-0.1, -0.05) is 22.4 Å². The molecule has 0 aliphatic heterocycles. The second kappa shape index (κ2) is 8.02. The van der Waals surface area contributed by atoms with Crippen LogP contribution in [0, 0.1) is 12.7 Å². The lowest BCUT2D eigenvalue weighted by molar-refractivity contribution is 0.471. The normalized spacial score (nSPS) is 11.2. The van der Waals surface area contributed by atoms with Crippen molar-refractivity contribution in [3.8, 4) is 0 Å². The standard InChI is InChI=1S/C21H17FN8O2/c1-13-20(31)30(18-5-3-2-4-17(18)23-13)11-16-10-29(28-25-16)12-19-26-27-21(32-19)24-15-8-6-14(22)7-9-15/h2-10H,11-12H2,1H3,(H,24,27). The van der Waals surface area contributed by atoms with Crippen molar-refractivity contribution in [2.24, 2.45) is 0 Å². The molecule has 11 heteroatoms.